The normalized spacial score (nSPS) is 43.0. The van der Waals surface area contributed by atoms with Crippen molar-refractivity contribution in [2.75, 3.05) is 6.54 Å². The topological polar surface area (TPSA) is 12.0 Å². The molecular formula is C11H19N. The first-order valence-corrected chi connectivity index (χ1v) is 5.67. The smallest absolute Gasteiger partial charge is 0.0238 e. The molecule has 3 aliphatic rings. The van der Waals surface area contributed by atoms with Gasteiger partial charge < -0.3 is 5.32 Å². The summed E-state index contributed by atoms with van der Waals surface area (Å²) in [5, 5.41) is 3.83. The van der Waals surface area contributed by atoms with E-state index in [0.29, 0.717) is 5.54 Å². The van der Waals surface area contributed by atoms with E-state index in [1.54, 1.807) is 0 Å². The van der Waals surface area contributed by atoms with Crippen molar-refractivity contribution < 1.29 is 0 Å². The van der Waals surface area contributed by atoms with Crippen molar-refractivity contribution in [3.8, 4) is 0 Å². The molecule has 1 atom stereocenters. The maximum atomic E-state index is 3.83. The Bertz CT molecular complexity index is 173. The number of hydrogen-bond acceptors (Lipinski definition) is 1. The van der Waals surface area contributed by atoms with E-state index < -0.39 is 0 Å². The molecular weight excluding hydrogens is 146 g/mol. The maximum Gasteiger partial charge on any atom is 0.0238 e. The Kier molecular flexibility index (Phi) is 1.52. The SMILES string of the molecule is C1CC(C2(C3CC3)CCCN2)C1. The van der Waals surface area contributed by atoms with Crippen LogP contribution in [-0.4, -0.2) is 12.1 Å². The Labute approximate surface area is 74.9 Å². The van der Waals surface area contributed by atoms with Gasteiger partial charge in [-0.05, 0) is 56.9 Å². The molecule has 1 unspecified atom stereocenters. The van der Waals surface area contributed by atoms with Crippen LogP contribution in [0.25, 0.3) is 0 Å². The van der Waals surface area contributed by atoms with Crippen molar-refractivity contribution in [2.24, 2.45) is 11.8 Å². The fourth-order valence-electron chi connectivity index (χ4n) is 3.34. The highest BCUT2D eigenvalue weighted by Crippen LogP contribution is 2.53. The second-order valence-electron chi connectivity index (χ2n) is 4.97. The summed E-state index contributed by atoms with van der Waals surface area (Å²) >= 11 is 0. The third kappa shape index (κ3) is 0.891. The molecule has 1 heteroatoms. The Morgan fingerprint density at radius 2 is 1.67 bits per heavy atom. The van der Waals surface area contributed by atoms with Gasteiger partial charge >= 0.3 is 0 Å². The zero-order valence-corrected chi connectivity index (χ0v) is 7.81. The zero-order chi connectivity index (χ0) is 8.02. The molecule has 0 amide bonds. The van der Waals surface area contributed by atoms with Crippen LogP contribution >= 0.6 is 0 Å². The van der Waals surface area contributed by atoms with Crippen LogP contribution in [0.4, 0.5) is 0 Å². The molecule has 1 heterocycles. The fourth-order valence-corrected chi connectivity index (χ4v) is 3.34. The van der Waals surface area contributed by atoms with E-state index >= 15 is 0 Å². The van der Waals surface area contributed by atoms with Crippen LogP contribution in [-0.2, 0) is 0 Å². The quantitative estimate of drug-likeness (QED) is 0.662. The molecule has 1 nitrogen and oxygen atoms in total. The molecule has 3 rings (SSSR count). The predicted molar refractivity (Wildman–Crippen MR) is 50.0 cm³/mol. The summed E-state index contributed by atoms with van der Waals surface area (Å²) in [4.78, 5) is 0. The molecule has 0 bridgehead atoms. The molecule has 68 valence electrons. The van der Waals surface area contributed by atoms with E-state index in [4.69, 9.17) is 0 Å². The molecule has 2 aliphatic carbocycles. The van der Waals surface area contributed by atoms with Gasteiger partial charge in [0.25, 0.3) is 0 Å². The van der Waals surface area contributed by atoms with Gasteiger partial charge in [-0.25, -0.2) is 0 Å². The first-order valence-electron chi connectivity index (χ1n) is 5.67. The minimum atomic E-state index is 0.651. The van der Waals surface area contributed by atoms with Crippen molar-refractivity contribution >= 4 is 0 Å². The van der Waals surface area contributed by atoms with Gasteiger partial charge in [0.2, 0.25) is 0 Å². The Morgan fingerprint density at radius 3 is 2.08 bits per heavy atom. The summed E-state index contributed by atoms with van der Waals surface area (Å²) in [6, 6.07) is 0. The molecule has 1 N–H and O–H groups in total. The summed E-state index contributed by atoms with van der Waals surface area (Å²) in [6.07, 6.45) is 10.5. The van der Waals surface area contributed by atoms with Gasteiger partial charge in [-0.3, -0.25) is 0 Å². The summed E-state index contributed by atoms with van der Waals surface area (Å²) in [5.74, 6) is 2.14. The first kappa shape index (κ1) is 7.37. The highest BCUT2D eigenvalue weighted by atomic mass is 15.0. The van der Waals surface area contributed by atoms with Gasteiger partial charge in [-0.2, -0.15) is 0 Å². The fraction of sp³-hybridized carbons (Fsp3) is 1.00. The second kappa shape index (κ2) is 2.47. The summed E-state index contributed by atoms with van der Waals surface area (Å²) in [5.41, 5.74) is 0.651. The van der Waals surface area contributed by atoms with E-state index in [2.05, 4.69) is 5.32 Å². The van der Waals surface area contributed by atoms with E-state index in [0.717, 1.165) is 11.8 Å². The number of rotatable bonds is 2. The molecule has 1 aliphatic heterocycles. The largest absolute Gasteiger partial charge is 0.311 e. The molecule has 0 aromatic rings. The van der Waals surface area contributed by atoms with E-state index in [9.17, 15) is 0 Å². The van der Waals surface area contributed by atoms with Crippen LogP contribution in [0.15, 0.2) is 0 Å². The lowest BCUT2D eigenvalue weighted by Gasteiger charge is -2.43. The van der Waals surface area contributed by atoms with Crippen molar-refractivity contribution in [1.29, 1.82) is 0 Å². The van der Waals surface area contributed by atoms with Crippen molar-refractivity contribution in [3.05, 3.63) is 0 Å². The first-order chi connectivity index (χ1) is 5.92. The van der Waals surface area contributed by atoms with Crippen LogP contribution < -0.4 is 5.32 Å². The average molecular weight is 165 g/mol. The monoisotopic (exact) mass is 165 g/mol. The van der Waals surface area contributed by atoms with Gasteiger partial charge in [0.1, 0.15) is 0 Å². The van der Waals surface area contributed by atoms with Gasteiger partial charge in [0, 0.05) is 5.54 Å². The van der Waals surface area contributed by atoms with Crippen molar-refractivity contribution in [3.63, 3.8) is 0 Å². The molecule has 0 aromatic heterocycles. The highest BCUT2D eigenvalue weighted by Gasteiger charge is 2.52. The molecule has 2 saturated carbocycles. The van der Waals surface area contributed by atoms with Crippen LogP contribution in [0.2, 0.25) is 0 Å². The van der Waals surface area contributed by atoms with Crippen molar-refractivity contribution in [2.45, 2.75) is 50.5 Å². The second-order valence-corrected chi connectivity index (χ2v) is 4.97. The van der Waals surface area contributed by atoms with Crippen LogP contribution in [0, 0.1) is 11.8 Å². The van der Waals surface area contributed by atoms with E-state index in [1.807, 2.05) is 0 Å². The van der Waals surface area contributed by atoms with Crippen molar-refractivity contribution in [1.82, 2.24) is 5.32 Å². The third-order valence-corrected chi connectivity index (χ3v) is 4.36. The lowest BCUT2D eigenvalue weighted by molar-refractivity contribution is 0.123. The molecule has 0 aromatic carbocycles. The molecule has 1 saturated heterocycles. The number of hydrogen-bond donors (Lipinski definition) is 1. The highest BCUT2D eigenvalue weighted by molar-refractivity contribution is 5.09. The Balaban J connectivity index is 1.79. The van der Waals surface area contributed by atoms with Crippen LogP contribution in [0.5, 0.6) is 0 Å². The standard InChI is InChI=1S/C11H19N/c1-3-9(4-1)11(10-5-6-10)7-2-8-12-11/h9-10,12H,1-8H2. The zero-order valence-electron chi connectivity index (χ0n) is 7.81. The Morgan fingerprint density at radius 1 is 0.917 bits per heavy atom. The van der Waals surface area contributed by atoms with Crippen LogP contribution in [0.3, 0.4) is 0 Å². The maximum absolute atomic E-state index is 3.83. The number of nitrogens with one attached hydrogen (secondary N) is 1. The van der Waals surface area contributed by atoms with Gasteiger partial charge in [0.15, 0.2) is 0 Å². The van der Waals surface area contributed by atoms with Crippen LogP contribution in [0.1, 0.15) is 44.9 Å². The summed E-state index contributed by atoms with van der Waals surface area (Å²) < 4.78 is 0. The van der Waals surface area contributed by atoms with Gasteiger partial charge in [-0.1, -0.05) is 6.42 Å². The summed E-state index contributed by atoms with van der Waals surface area (Å²) in [7, 11) is 0. The molecule has 0 spiro atoms. The minimum Gasteiger partial charge on any atom is -0.311 e. The molecule has 0 radical (unpaired) electrons. The third-order valence-electron chi connectivity index (χ3n) is 4.36. The average Bonchev–Trinajstić information content (AvgIpc) is 2.71. The molecule has 3 fully saturated rings. The molecule has 12 heavy (non-hydrogen) atoms. The van der Waals surface area contributed by atoms with E-state index in [-0.39, 0.29) is 0 Å². The van der Waals surface area contributed by atoms with Gasteiger partial charge in [-0.15, -0.1) is 0 Å². The van der Waals surface area contributed by atoms with E-state index in [1.165, 1.54) is 51.5 Å². The van der Waals surface area contributed by atoms with Gasteiger partial charge in [0.05, 0.1) is 0 Å². The predicted octanol–water partition coefficient (Wildman–Crippen LogP) is 2.32. The minimum absolute atomic E-state index is 0.651. The lowest BCUT2D eigenvalue weighted by Crippen LogP contribution is -2.51. The lowest BCUT2D eigenvalue weighted by atomic mass is 9.67. The Hall–Kier alpha value is -0.0400. The summed E-state index contributed by atoms with van der Waals surface area (Å²) in [6.45, 7) is 1.30.